The van der Waals surface area contributed by atoms with Crippen LogP contribution in [0.4, 0.5) is 0 Å². The number of hydrogen-bond donors (Lipinski definition) is 1. The average molecular weight is 194 g/mol. The smallest absolute Gasteiger partial charge is 0.198 e. The molecule has 1 atom stereocenters. The molecule has 0 amide bonds. The number of rotatable bonds is 3. The first kappa shape index (κ1) is 9.71. The largest absolute Gasteiger partial charge is 0.445 e. The zero-order valence-corrected chi connectivity index (χ0v) is 8.92. The van der Waals surface area contributed by atoms with Crippen molar-refractivity contribution in [2.24, 2.45) is 5.92 Å². The standard InChI is InChI=1S/C11H18N2O/c1-8(2)5-10-7-13-11(14-10)9-3-4-12-6-9/h7-9,12H,3-6H2,1-2H3. The molecule has 2 rings (SSSR count). The third kappa shape index (κ3) is 2.15. The molecule has 1 aromatic rings. The SMILES string of the molecule is CC(C)Cc1cnc(C2CCNC2)o1. The first-order valence-electron chi connectivity index (χ1n) is 5.41. The van der Waals surface area contributed by atoms with Crippen LogP contribution in [0.2, 0.25) is 0 Å². The quantitative estimate of drug-likeness (QED) is 0.799. The summed E-state index contributed by atoms with van der Waals surface area (Å²) in [5.41, 5.74) is 0. The van der Waals surface area contributed by atoms with Gasteiger partial charge in [-0.25, -0.2) is 4.98 Å². The van der Waals surface area contributed by atoms with Gasteiger partial charge in [-0.15, -0.1) is 0 Å². The van der Waals surface area contributed by atoms with Gasteiger partial charge in [0.05, 0.1) is 6.20 Å². The minimum absolute atomic E-state index is 0.496. The molecule has 1 N–H and O–H groups in total. The van der Waals surface area contributed by atoms with E-state index in [0.29, 0.717) is 11.8 Å². The Balaban J connectivity index is 2.01. The Morgan fingerprint density at radius 2 is 2.50 bits per heavy atom. The summed E-state index contributed by atoms with van der Waals surface area (Å²) in [6.07, 6.45) is 4.03. The maximum absolute atomic E-state index is 5.73. The second-order valence-electron chi connectivity index (χ2n) is 4.45. The fourth-order valence-corrected chi connectivity index (χ4v) is 1.87. The molecular weight excluding hydrogens is 176 g/mol. The summed E-state index contributed by atoms with van der Waals surface area (Å²) < 4.78 is 5.73. The van der Waals surface area contributed by atoms with Crippen molar-refractivity contribution >= 4 is 0 Å². The van der Waals surface area contributed by atoms with Gasteiger partial charge in [0.2, 0.25) is 0 Å². The highest BCUT2D eigenvalue weighted by atomic mass is 16.4. The van der Waals surface area contributed by atoms with Gasteiger partial charge in [-0.05, 0) is 18.9 Å². The van der Waals surface area contributed by atoms with E-state index in [4.69, 9.17) is 4.42 Å². The number of oxazole rings is 1. The van der Waals surface area contributed by atoms with E-state index in [1.54, 1.807) is 0 Å². The molecule has 1 aromatic heterocycles. The number of aromatic nitrogens is 1. The van der Waals surface area contributed by atoms with Crippen LogP contribution in [0.25, 0.3) is 0 Å². The second kappa shape index (κ2) is 4.13. The van der Waals surface area contributed by atoms with Crippen molar-refractivity contribution in [3.8, 4) is 0 Å². The van der Waals surface area contributed by atoms with E-state index in [1.807, 2.05) is 6.20 Å². The lowest BCUT2D eigenvalue weighted by atomic mass is 10.1. The number of nitrogens with one attached hydrogen (secondary N) is 1. The summed E-state index contributed by atoms with van der Waals surface area (Å²) in [6, 6.07) is 0. The Labute approximate surface area is 84.9 Å². The zero-order chi connectivity index (χ0) is 9.97. The van der Waals surface area contributed by atoms with E-state index >= 15 is 0 Å². The molecule has 0 saturated carbocycles. The molecule has 78 valence electrons. The fraction of sp³-hybridized carbons (Fsp3) is 0.727. The van der Waals surface area contributed by atoms with Gasteiger partial charge in [-0.2, -0.15) is 0 Å². The van der Waals surface area contributed by atoms with Crippen LogP contribution in [-0.2, 0) is 6.42 Å². The van der Waals surface area contributed by atoms with Crippen LogP contribution in [0.3, 0.4) is 0 Å². The second-order valence-corrected chi connectivity index (χ2v) is 4.45. The van der Waals surface area contributed by atoms with Gasteiger partial charge in [0.1, 0.15) is 5.76 Å². The van der Waals surface area contributed by atoms with E-state index in [2.05, 4.69) is 24.1 Å². The molecule has 0 radical (unpaired) electrons. The Hall–Kier alpha value is -0.830. The highest BCUT2D eigenvalue weighted by Gasteiger charge is 2.21. The summed E-state index contributed by atoms with van der Waals surface area (Å²) in [5.74, 6) is 3.08. The van der Waals surface area contributed by atoms with Crippen molar-refractivity contribution in [2.75, 3.05) is 13.1 Å². The summed E-state index contributed by atoms with van der Waals surface area (Å²) in [7, 11) is 0. The van der Waals surface area contributed by atoms with Gasteiger partial charge in [0.15, 0.2) is 5.89 Å². The highest BCUT2D eigenvalue weighted by Crippen LogP contribution is 2.22. The Bertz CT molecular complexity index is 287. The molecule has 2 heterocycles. The van der Waals surface area contributed by atoms with Crippen LogP contribution < -0.4 is 5.32 Å². The molecule has 3 heteroatoms. The normalized spacial score (nSPS) is 22.1. The van der Waals surface area contributed by atoms with Crippen LogP contribution in [0, 0.1) is 5.92 Å². The lowest BCUT2D eigenvalue weighted by Gasteiger charge is -2.02. The van der Waals surface area contributed by atoms with Gasteiger partial charge >= 0.3 is 0 Å². The molecule has 0 bridgehead atoms. The minimum Gasteiger partial charge on any atom is -0.445 e. The number of hydrogen-bond acceptors (Lipinski definition) is 3. The predicted molar refractivity (Wildman–Crippen MR) is 55.3 cm³/mol. The molecule has 1 aliphatic rings. The van der Waals surface area contributed by atoms with Crippen molar-refractivity contribution in [3.63, 3.8) is 0 Å². The fourth-order valence-electron chi connectivity index (χ4n) is 1.87. The Morgan fingerprint density at radius 3 is 3.14 bits per heavy atom. The van der Waals surface area contributed by atoms with Crippen molar-refractivity contribution in [3.05, 3.63) is 17.8 Å². The lowest BCUT2D eigenvalue weighted by molar-refractivity contribution is 0.409. The topological polar surface area (TPSA) is 38.1 Å². The molecule has 1 unspecified atom stereocenters. The maximum atomic E-state index is 5.73. The Morgan fingerprint density at radius 1 is 1.64 bits per heavy atom. The van der Waals surface area contributed by atoms with E-state index in [1.165, 1.54) is 0 Å². The maximum Gasteiger partial charge on any atom is 0.198 e. The molecule has 0 spiro atoms. The van der Waals surface area contributed by atoms with Gasteiger partial charge in [0.25, 0.3) is 0 Å². The minimum atomic E-state index is 0.496. The van der Waals surface area contributed by atoms with Crippen LogP contribution in [0.5, 0.6) is 0 Å². The zero-order valence-electron chi connectivity index (χ0n) is 8.92. The Kier molecular flexibility index (Phi) is 2.87. The lowest BCUT2D eigenvalue weighted by Crippen LogP contribution is -2.07. The summed E-state index contributed by atoms with van der Waals surface area (Å²) in [6.45, 7) is 6.49. The monoisotopic (exact) mass is 194 g/mol. The molecule has 1 aliphatic heterocycles. The first-order valence-corrected chi connectivity index (χ1v) is 5.41. The van der Waals surface area contributed by atoms with Crippen molar-refractivity contribution < 1.29 is 4.42 Å². The van der Waals surface area contributed by atoms with Crippen LogP contribution >= 0.6 is 0 Å². The van der Waals surface area contributed by atoms with Crippen LogP contribution in [-0.4, -0.2) is 18.1 Å². The predicted octanol–water partition coefficient (Wildman–Crippen LogP) is 1.95. The molecule has 1 fully saturated rings. The third-order valence-corrected chi connectivity index (χ3v) is 2.59. The van der Waals surface area contributed by atoms with Gasteiger partial charge < -0.3 is 9.73 Å². The summed E-state index contributed by atoms with van der Waals surface area (Å²) in [4.78, 5) is 4.34. The molecule has 0 aromatic carbocycles. The molecule has 14 heavy (non-hydrogen) atoms. The molecular formula is C11H18N2O. The van der Waals surface area contributed by atoms with E-state index in [9.17, 15) is 0 Å². The van der Waals surface area contributed by atoms with Gasteiger partial charge in [-0.1, -0.05) is 13.8 Å². The summed E-state index contributed by atoms with van der Waals surface area (Å²) in [5, 5.41) is 3.32. The van der Waals surface area contributed by atoms with Crippen molar-refractivity contribution in [1.82, 2.24) is 10.3 Å². The number of nitrogens with zero attached hydrogens (tertiary/aromatic N) is 1. The summed E-state index contributed by atoms with van der Waals surface area (Å²) >= 11 is 0. The first-order chi connectivity index (χ1) is 6.75. The van der Waals surface area contributed by atoms with Crippen LogP contribution in [0.1, 0.15) is 37.8 Å². The van der Waals surface area contributed by atoms with Gasteiger partial charge in [-0.3, -0.25) is 0 Å². The van der Waals surface area contributed by atoms with E-state index < -0.39 is 0 Å². The molecule has 1 saturated heterocycles. The van der Waals surface area contributed by atoms with E-state index in [0.717, 1.165) is 37.6 Å². The average Bonchev–Trinajstić information content (AvgIpc) is 2.69. The highest BCUT2D eigenvalue weighted by molar-refractivity contribution is 5.02. The van der Waals surface area contributed by atoms with Crippen molar-refractivity contribution in [2.45, 2.75) is 32.6 Å². The van der Waals surface area contributed by atoms with Gasteiger partial charge in [0, 0.05) is 18.9 Å². The van der Waals surface area contributed by atoms with E-state index in [-0.39, 0.29) is 0 Å². The molecule has 3 nitrogen and oxygen atoms in total. The van der Waals surface area contributed by atoms with Crippen molar-refractivity contribution in [1.29, 1.82) is 0 Å². The third-order valence-electron chi connectivity index (χ3n) is 2.59. The molecule has 0 aliphatic carbocycles. The van der Waals surface area contributed by atoms with Crippen LogP contribution in [0.15, 0.2) is 10.6 Å².